The average molecular weight is 327 g/mol. The van der Waals surface area contributed by atoms with Gasteiger partial charge in [0.2, 0.25) is 0 Å². The number of pyridine rings is 1. The molecule has 3 atom stereocenters. The molecule has 1 aromatic rings. The van der Waals surface area contributed by atoms with Gasteiger partial charge in [-0.05, 0) is 26.5 Å². The van der Waals surface area contributed by atoms with Crippen LogP contribution in [0.3, 0.4) is 0 Å². The van der Waals surface area contributed by atoms with E-state index in [1.807, 2.05) is 0 Å². The number of hydrogen-bond acceptors (Lipinski definition) is 3. The van der Waals surface area contributed by atoms with Gasteiger partial charge in [0.05, 0.1) is 12.8 Å². The minimum absolute atomic E-state index is 0.0641. The molecule has 1 heterocycles. The Bertz CT molecular complexity index is 435. The van der Waals surface area contributed by atoms with E-state index in [1.165, 1.54) is 18.9 Å². The summed E-state index contributed by atoms with van der Waals surface area (Å²) in [6.45, 7) is 0.860. The standard InChI is InChI=1S/C13H18Cl2F2N2O/c1-8(20)5-10(6-16)13(17)19(2)7-9-3-4-11(14)18-12(9)15/h3-4,8,10,13,20H,5-7H2,1-2H3. The summed E-state index contributed by atoms with van der Waals surface area (Å²) in [6, 6.07) is 3.21. The molecule has 0 aliphatic rings. The molecule has 1 N–H and O–H groups in total. The van der Waals surface area contributed by atoms with E-state index in [0.717, 1.165) is 0 Å². The number of hydrogen-bond donors (Lipinski definition) is 1. The second-order valence-electron chi connectivity index (χ2n) is 4.87. The Hall–Kier alpha value is -0.490. The van der Waals surface area contributed by atoms with E-state index < -0.39 is 25.0 Å². The minimum atomic E-state index is -1.51. The van der Waals surface area contributed by atoms with Crippen LogP contribution in [0.25, 0.3) is 0 Å². The normalized spacial score (nSPS) is 16.2. The molecule has 3 nitrogen and oxygen atoms in total. The zero-order valence-corrected chi connectivity index (χ0v) is 12.9. The van der Waals surface area contributed by atoms with Gasteiger partial charge in [0, 0.05) is 18.0 Å². The van der Waals surface area contributed by atoms with Gasteiger partial charge >= 0.3 is 0 Å². The number of rotatable bonds is 7. The van der Waals surface area contributed by atoms with Crippen molar-refractivity contribution in [3.63, 3.8) is 0 Å². The summed E-state index contributed by atoms with van der Waals surface area (Å²) in [7, 11) is 1.53. The summed E-state index contributed by atoms with van der Waals surface area (Å²) in [6.07, 6.45) is -2.20. The van der Waals surface area contributed by atoms with Crippen molar-refractivity contribution in [3.05, 3.63) is 28.0 Å². The molecule has 0 aliphatic heterocycles. The Morgan fingerprint density at radius 2 is 2.05 bits per heavy atom. The van der Waals surface area contributed by atoms with Crippen LogP contribution >= 0.6 is 23.2 Å². The lowest BCUT2D eigenvalue weighted by Crippen LogP contribution is -2.36. The van der Waals surface area contributed by atoms with Gasteiger partial charge in [-0.2, -0.15) is 0 Å². The lowest BCUT2D eigenvalue weighted by molar-refractivity contribution is 0.0121. The van der Waals surface area contributed by atoms with E-state index >= 15 is 0 Å². The van der Waals surface area contributed by atoms with Crippen molar-refractivity contribution in [2.24, 2.45) is 5.92 Å². The third-order valence-corrected chi connectivity index (χ3v) is 3.50. The van der Waals surface area contributed by atoms with Gasteiger partial charge in [-0.15, -0.1) is 0 Å². The maximum absolute atomic E-state index is 14.2. The summed E-state index contributed by atoms with van der Waals surface area (Å²) in [5, 5.41) is 9.71. The average Bonchev–Trinajstić information content (AvgIpc) is 2.38. The fourth-order valence-electron chi connectivity index (χ4n) is 1.96. The Morgan fingerprint density at radius 1 is 1.40 bits per heavy atom. The topological polar surface area (TPSA) is 36.4 Å². The van der Waals surface area contributed by atoms with E-state index in [1.54, 1.807) is 12.1 Å². The zero-order valence-electron chi connectivity index (χ0n) is 11.4. The number of aromatic nitrogens is 1. The van der Waals surface area contributed by atoms with Gasteiger partial charge in [-0.3, -0.25) is 9.29 Å². The molecule has 1 rings (SSSR count). The van der Waals surface area contributed by atoms with Crippen molar-refractivity contribution < 1.29 is 13.9 Å². The van der Waals surface area contributed by atoms with Crippen LogP contribution in [0.2, 0.25) is 10.3 Å². The van der Waals surface area contributed by atoms with Gasteiger partial charge in [-0.1, -0.05) is 29.3 Å². The monoisotopic (exact) mass is 326 g/mol. The quantitative estimate of drug-likeness (QED) is 0.615. The van der Waals surface area contributed by atoms with Crippen LogP contribution in [0.5, 0.6) is 0 Å². The molecule has 0 bridgehead atoms. The van der Waals surface area contributed by atoms with Crippen LogP contribution in [0.4, 0.5) is 8.78 Å². The molecule has 20 heavy (non-hydrogen) atoms. The van der Waals surface area contributed by atoms with Crippen molar-refractivity contribution in [2.45, 2.75) is 32.3 Å². The van der Waals surface area contributed by atoms with Gasteiger partial charge in [0.25, 0.3) is 0 Å². The molecule has 114 valence electrons. The van der Waals surface area contributed by atoms with Crippen LogP contribution in [-0.4, -0.2) is 41.1 Å². The van der Waals surface area contributed by atoms with E-state index in [4.69, 9.17) is 23.2 Å². The molecule has 0 aromatic carbocycles. The maximum atomic E-state index is 14.2. The Morgan fingerprint density at radius 3 is 2.55 bits per heavy atom. The Labute approximate surface area is 127 Å². The van der Waals surface area contributed by atoms with Crippen molar-refractivity contribution >= 4 is 23.2 Å². The number of nitrogens with zero attached hydrogens (tertiary/aromatic N) is 2. The molecule has 0 aliphatic carbocycles. The van der Waals surface area contributed by atoms with E-state index in [9.17, 15) is 13.9 Å². The van der Waals surface area contributed by atoms with Crippen LogP contribution in [-0.2, 0) is 6.54 Å². The molecule has 0 amide bonds. The predicted octanol–water partition coefficient (Wildman–Crippen LogP) is 3.47. The highest BCUT2D eigenvalue weighted by Crippen LogP contribution is 2.23. The lowest BCUT2D eigenvalue weighted by atomic mass is 10.0. The fourth-order valence-corrected chi connectivity index (χ4v) is 2.37. The highest BCUT2D eigenvalue weighted by molar-refractivity contribution is 6.32. The molecule has 0 saturated carbocycles. The first-order chi connectivity index (χ1) is 9.35. The van der Waals surface area contributed by atoms with Gasteiger partial charge in [0.15, 0.2) is 6.30 Å². The SMILES string of the molecule is CC(O)CC(CF)C(F)N(C)Cc1ccc(Cl)nc1Cl. The molecule has 3 unspecified atom stereocenters. The summed E-state index contributed by atoms with van der Waals surface area (Å²) < 4.78 is 27.1. The van der Waals surface area contributed by atoms with Crippen molar-refractivity contribution in [1.82, 2.24) is 9.88 Å². The second-order valence-corrected chi connectivity index (χ2v) is 5.62. The maximum Gasteiger partial charge on any atom is 0.159 e. The minimum Gasteiger partial charge on any atom is -0.393 e. The molecule has 0 saturated heterocycles. The number of aliphatic hydroxyl groups is 1. The fraction of sp³-hybridized carbons (Fsp3) is 0.615. The van der Waals surface area contributed by atoms with Crippen LogP contribution < -0.4 is 0 Å². The first kappa shape index (κ1) is 17.6. The van der Waals surface area contributed by atoms with Crippen molar-refractivity contribution in [2.75, 3.05) is 13.7 Å². The van der Waals surface area contributed by atoms with E-state index in [2.05, 4.69) is 4.98 Å². The molecule has 0 radical (unpaired) electrons. The molecular formula is C13H18Cl2F2N2O. The van der Waals surface area contributed by atoms with Gasteiger partial charge < -0.3 is 5.11 Å². The zero-order chi connectivity index (χ0) is 15.3. The second kappa shape index (κ2) is 8.08. The third-order valence-electron chi connectivity index (χ3n) is 2.96. The largest absolute Gasteiger partial charge is 0.393 e. The van der Waals surface area contributed by atoms with Crippen LogP contribution in [0.1, 0.15) is 18.9 Å². The molecule has 7 heteroatoms. The van der Waals surface area contributed by atoms with Crippen LogP contribution in [0, 0.1) is 5.92 Å². The third kappa shape index (κ3) is 5.13. The van der Waals surface area contributed by atoms with Gasteiger partial charge in [0.1, 0.15) is 10.3 Å². The highest BCUT2D eigenvalue weighted by Gasteiger charge is 2.26. The Balaban J connectivity index is 2.71. The van der Waals surface area contributed by atoms with Crippen molar-refractivity contribution in [3.8, 4) is 0 Å². The summed E-state index contributed by atoms with van der Waals surface area (Å²) in [5.74, 6) is -0.876. The highest BCUT2D eigenvalue weighted by atomic mass is 35.5. The molecule has 1 aromatic heterocycles. The van der Waals surface area contributed by atoms with Crippen LogP contribution in [0.15, 0.2) is 12.1 Å². The summed E-state index contributed by atoms with van der Waals surface area (Å²) in [4.78, 5) is 5.20. The summed E-state index contributed by atoms with van der Waals surface area (Å²) in [5.41, 5.74) is 0.607. The molecule has 0 spiro atoms. The summed E-state index contributed by atoms with van der Waals surface area (Å²) >= 11 is 11.6. The first-order valence-electron chi connectivity index (χ1n) is 6.24. The van der Waals surface area contributed by atoms with E-state index in [0.29, 0.717) is 5.56 Å². The first-order valence-corrected chi connectivity index (χ1v) is 7.00. The number of halogens is 4. The lowest BCUT2D eigenvalue weighted by Gasteiger charge is -2.28. The Kier molecular flexibility index (Phi) is 7.09. The molecular weight excluding hydrogens is 309 g/mol. The number of alkyl halides is 2. The van der Waals surface area contributed by atoms with Crippen molar-refractivity contribution in [1.29, 1.82) is 0 Å². The van der Waals surface area contributed by atoms with E-state index in [-0.39, 0.29) is 23.3 Å². The smallest absolute Gasteiger partial charge is 0.159 e. The predicted molar refractivity (Wildman–Crippen MR) is 76.4 cm³/mol. The van der Waals surface area contributed by atoms with Gasteiger partial charge in [-0.25, -0.2) is 9.37 Å². The molecule has 0 fully saturated rings. The number of aliphatic hydroxyl groups excluding tert-OH is 1.